The van der Waals surface area contributed by atoms with E-state index in [1.165, 1.54) is 43.8 Å². The summed E-state index contributed by atoms with van der Waals surface area (Å²) in [5, 5.41) is 46.6. The van der Waals surface area contributed by atoms with Crippen molar-refractivity contribution < 1.29 is 54.0 Å². The van der Waals surface area contributed by atoms with Crippen LogP contribution in [0, 0.1) is 11.8 Å². The van der Waals surface area contributed by atoms with Gasteiger partial charge in [-0.3, -0.25) is 28.8 Å². The summed E-state index contributed by atoms with van der Waals surface area (Å²) < 4.78 is 0. The summed E-state index contributed by atoms with van der Waals surface area (Å²) in [4.78, 5) is 94.0. The Bertz CT molecular complexity index is 1600. The zero-order valence-electron chi connectivity index (χ0n) is 32.6. The highest BCUT2D eigenvalue weighted by atomic mass is 16.4. The van der Waals surface area contributed by atoms with Crippen LogP contribution in [0.4, 0.5) is 0 Å². The second kappa shape index (κ2) is 20.9. The van der Waals surface area contributed by atoms with Crippen LogP contribution in [0.25, 0.3) is 0 Å². The zero-order chi connectivity index (χ0) is 41.0. The summed E-state index contributed by atoms with van der Waals surface area (Å²) in [7, 11) is 2.82. The fourth-order valence-electron chi connectivity index (χ4n) is 7.17. The first-order chi connectivity index (χ1) is 26.0. The Kier molecular flexibility index (Phi) is 17.0. The lowest BCUT2D eigenvalue weighted by Gasteiger charge is -2.36. The Morgan fingerprint density at radius 2 is 1.67 bits per heavy atom. The van der Waals surface area contributed by atoms with E-state index in [1.54, 1.807) is 18.2 Å². The molecule has 6 N–H and O–H groups in total. The second-order valence-corrected chi connectivity index (χ2v) is 14.9. The molecule has 4 amide bonds. The number of likely N-dealkylation sites (N-methyl/N-ethyl adjacent to an activating group) is 2. The van der Waals surface area contributed by atoms with E-state index < -0.39 is 84.0 Å². The predicted octanol–water partition coefficient (Wildman–Crippen LogP) is 2.42. The number of unbranched alkanes of at least 4 members (excludes halogenated alkanes) is 4. The van der Waals surface area contributed by atoms with E-state index in [0.29, 0.717) is 23.1 Å². The van der Waals surface area contributed by atoms with Gasteiger partial charge in [-0.25, -0.2) is 4.79 Å². The lowest BCUT2D eigenvalue weighted by atomic mass is 9.78. The van der Waals surface area contributed by atoms with Crippen molar-refractivity contribution in [3.63, 3.8) is 0 Å². The standard InChI is InChI=1S/C40H58N4O11/c1-6-7-8-9-10-11-35(50)43(4)30(22-45)39(53)41-24(3)31(46)16-17-36(51)44(5)37-26-13-15-33(48)28(21-26)27-19-25(12-14-32(27)47)20-29(40(54)55)42-38(52)23(2)18-34(37)49/h12-13,15,19,23-24,26,29-30,32,37,45,47-48H,6-11,14,16-18,20-22H2,1-5H3,(H,41,53)(H,42,52)(H,54,55)/t23-,24-,26+,29+,30-,32?,37+/m1/s1. The molecule has 0 spiro atoms. The number of fused-ring (bicyclic) bond motifs is 4. The minimum absolute atomic E-state index is 0.0410. The molecule has 0 fully saturated rings. The Balaban J connectivity index is 1.74. The van der Waals surface area contributed by atoms with Crippen molar-refractivity contribution in [3.05, 3.63) is 46.8 Å². The Labute approximate surface area is 322 Å². The normalized spacial score (nSPS) is 24.0. The number of amides is 4. The van der Waals surface area contributed by atoms with Gasteiger partial charge in [-0.15, -0.1) is 0 Å². The first kappa shape index (κ1) is 44.8. The molecule has 2 aliphatic carbocycles. The van der Waals surface area contributed by atoms with Gasteiger partial charge in [0.05, 0.1) is 24.8 Å². The van der Waals surface area contributed by atoms with Crippen molar-refractivity contribution in [2.45, 2.75) is 128 Å². The number of aliphatic carboxylic acids is 1. The first-order valence-corrected chi connectivity index (χ1v) is 19.2. The maximum absolute atomic E-state index is 14.0. The number of nitrogens with zero attached hydrogens (tertiary/aromatic N) is 2. The average Bonchev–Trinajstić information content (AvgIpc) is 3.14. The topological polar surface area (TPSA) is 231 Å². The number of nitrogens with one attached hydrogen (secondary N) is 2. The number of carbonyl (C=O) groups excluding carboxylic acids is 6. The number of Topliss-reactive ketones (excluding diaryl/α,β-unsaturated/α-hetero) is 2. The highest BCUT2D eigenvalue weighted by Gasteiger charge is 2.39. The lowest BCUT2D eigenvalue weighted by Crippen LogP contribution is -2.53. The van der Waals surface area contributed by atoms with Crippen LogP contribution >= 0.6 is 0 Å². The molecule has 55 heavy (non-hydrogen) atoms. The molecule has 0 saturated heterocycles. The van der Waals surface area contributed by atoms with E-state index in [4.69, 9.17) is 0 Å². The van der Waals surface area contributed by atoms with Crippen LogP contribution < -0.4 is 10.6 Å². The Morgan fingerprint density at radius 1 is 0.982 bits per heavy atom. The summed E-state index contributed by atoms with van der Waals surface area (Å²) in [5.41, 5.74) is 1.22. The molecule has 1 heterocycles. The van der Waals surface area contributed by atoms with E-state index in [0.717, 1.165) is 25.7 Å². The summed E-state index contributed by atoms with van der Waals surface area (Å²) in [6, 6.07) is -4.75. The van der Waals surface area contributed by atoms with Gasteiger partial charge < -0.3 is 40.9 Å². The fraction of sp³-hybridized carbons (Fsp3) is 0.625. The van der Waals surface area contributed by atoms with Crippen LogP contribution in [0.3, 0.4) is 0 Å². The smallest absolute Gasteiger partial charge is 0.326 e. The molecule has 3 aliphatic rings. The van der Waals surface area contributed by atoms with Crippen molar-refractivity contribution >= 4 is 41.2 Å². The molecule has 0 radical (unpaired) electrons. The zero-order valence-corrected chi connectivity index (χ0v) is 32.6. The average molecular weight is 771 g/mol. The van der Waals surface area contributed by atoms with Gasteiger partial charge in [-0.05, 0) is 43.4 Å². The largest absolute Gasteiger partial charge is 0.508 e. The molecule has 0 aromatic heterocycles. The van der Waals surface area contributed by atoms with Gasteiger partial charge in [0, 0.05) is 63.6 Å². The molecule has 4 bridgehead atoms. The lowest BCUT2D eigenvalue weighted by molar-refractivity contribution is -0.143. The maximum Gasteiger partial charge on any atom is 0.326 e. The van der Waals surface area contributed by atoms with Crippen LogP contribution in [-0.4, -0.2) is 122 Å². The molecule has 15 heteroatoms. The third-order valence-electron chi connectivity index (χ3n) is 10.7. The molecule has 7 atom stereocenters. The van der Waals surface area contributed by atoms with E-state index in [1.807, 2.05) is 0 Å². The van der Waals surface area contributed by atoms with Crippen molar-refractivity contribution in [2.24, 2.45) is 11.8 Å². The third kappa shape index (κ3) is 12.2. The van der Waals surface area contributed by atoms with Crippen molar-refractivity contribution in [1.29, 1.82) is 0 Å². The van der Waals surface area contributed by atoms with E-state index in [-0.39, 0.29) is 56.6 Å². The minimum atomic E-state index is -1.32. The molecule has 0 aromatic rings. The van der Waals surface area contributed by atoms with Crippen LogP contribution in [0.15, 0.2) is 46.8 Å². The SMILES string of the molecule is CCCCCCCC(=O)N(C)[C@H](CO)C(=O)N[C@H](C)C(=O)CCC(=O)N(C)[C@@H]1C(=O)C[C@@H](C)C(=O)N[C@H](C(=O)O)CC2=CCC(O)C(=C2)C2=C(O)C=C[C@H]1C2. The number of aliphatic hydroxyl groups is 3. The number of carbonyl (C=O) groups is 7. The molecule has 0 saturated carbocycles. The monoisotopic (exact) mass is 770 g/mol. The van der Waals surface area contributed by atoms with Gasteiger partial charge in [0.25, 0.3) is 0 Å². The number of hydrogen-bond acceptors (Lipinski definition) is 10. The van der Waals surface area contributed by atoms with Crippen LogP contribution in [0.1, 0.15) is 97.8 Å². The number of ketones is 2. The summed E-state index contributed by atoms with van der Waals surface area (Å²) in [6.07, 6.45) is 9.21. The highest BCUT2D eigenvalue weighted by molar-refractivity contribution is 5.96. The van der Waals surface area contributed by atoms with E-state index >= 15 is 0 Å². The Hall–Kier alpha value is -4.63. The van der Waals surface area contributed by atoms with Gasteiger partial charge in [0.1, 0.15) is 17.8 Å². The highest BCUT2D eigenvalue weighted by Crippen LogP contribution is 2.37. The molecular formula is C40H58N4O11. The predicted molar refractivity (Wildman–Crippen MR) is 202 cm³/mol. The van der Waals surface area contributed by atoms with E-state index in [9.17, 15) is 54.0 Å². The Morgan fingerprint density at radius 3 is 2.33 bits per heavy atom. The molecular weight excluding hydrogens is 712 g/mol. The van der Waals surface area contributed by atoms with Gasteiger partial charge in [-0.2, -0.15) is 0 Å². The maximum atomic E-state index is 14.0. The number of carboxylic acids is 1. The van der Waals surface area contributed by atoms with Gasteiger partial charge in [0.2, 0.25) is 23.6 Å². The van der Waals surface area contributed by atoms with Gasteiger partial charge >= 0.3 is 5.97 Å². The molecule has 304 valence electrons. The van der Waals surface area contributed by atoms with E-state index in [2.05, 4.69) is 17.6 Å². The molecule has 15 nitrogen and oxygen atoms in total. The quantitative estimate of drug-likeness (QED) is 0.125. The third-order valence-corrected chi connectivity index (χ3v) is 10.7. The molecule has 1 unspecified atom stereocenters. The second-order valence-electron chi connectivity index (χ2n) is 14.9. The summed E-state index contributed by atoms with van der Waals surface area (Å²) in [6.45, 7) is 4.36. The number of rotatable bonds is 16. The minimum Gasteiger partial charge on any atom is -0.508 e. The number of carboxylic acid groups (broad SMARTS) is 1. The van der Waals surface area contributed by atoms with Gasteiger partial charge in [0.15, 0.2) is 11.6 Å². The van der Waals surface area contributed by atoms with Crippen LogP contribution in [-0.2, 0) is 33.6 Å². The first-order valence-electron chi connectivity index (χ1n) is 19.2. The summed E-state index contributed by atoms with van der Waals surface area (Å²) >= 11 is 0. The number of hydrogen-bond donors (Lipinski definition) is 6. The molecule has 1 aliphatic heterocycles. The van der Waals surface area contributed by atoms with Crippen LogP contribution in [0.2, 0.25) is 0 Å². The number of aliphatic hydroxyl groups excluding tert-OH is 3. The summed E-state index contributed by atoms with van der Waals surface area (Å²) in [5.74, 6) is -6.34. The van der Waals surface area contributed by atoms with Crippen molar-refractivity contribution in [1.82, 2.24) is 20.4 Å². The molecule has 0 aromatic carbocycles. The van der Waals surface area contributed by atoms with Crippen LogP contribution in [0.5, 0.6) is 0 Å². The van der Waals surface area contributed by atoms with Gasteiger partial charge in [-0.1, -0.05) is 57.8 Å². The number of allylic oxidation sites excluding steroid dienone is 2. The van der Waals surface area contributed by atoms with Crippen molar-refractivity contribution in [3.8, 4) is 0 Å². The fourth-order valence-corrected chi connectivity index (χ4v) is 7.17. The van der Waals surface area contributed by atoms with Crippen molar-refractivity contribution in [2.75, 3.05) is 20.7 Å². The molecule has 3 rings (SSSR count).